The van der Waals surface area contributed by atoms with Gasteiger partial charge < -0.3 is 24.2 Å². The Hall–Kier alpha value is -2.28. The predicted molar refractivity (Wildman–Crippen MR) is 93.8 cm³/mol. The summed E-state index contributed by atoms with van der Waals surface area (Å²) in [5.74, 6) is -0.00716. The highest BCUT2D eigenvalue weighted by atomic mass is 16.5. The van der Waals surface area contributed by atoms with Crippen molar-refractivity contribution in [1.82, 2.24) is 4.90 Å². The van der Waals surface area contributed by atoms with Crippen molar-refractivity contribution < 1.29 is 28.9 Å². The summed E-state index contributed by atoms with van der Waals surface area (Å²) in [5, 5.41) is 9.06. The number of aliphatic carboxylic acids is 1. The second-order valence-corrected chi connectivity index (χ2v) is 6.72. The molecule has 0 aromatic heterocycles. The Bertz CT molecular complexity index is 655. The summed E-state index contributed by atoms with van der Waals surface area (Å²) in [4.78, 5) is 25.5. The third-order valence-electron chi connectivity index (χ3n) is 4.91. The highest BCUT2D eigenvalue weighted by Crippen LogP contribution is 2.33. The number of carbonyl (C=O) groups is 2. The average Bonchev–Trinajstić information content (AvgIpc) is 3.14. The first-order valence-corrected chi connectivity index (χ1v) is 9.03. The Morgan fingerprint density at radius 3 is 2.73 bits per heavy atom. The minimum atomic E-state index is -0.948. The molecule has 1 saturated heterocycles. The Morgan fingerprint density at radius 1 is 1.27 bits per heavy atom. The fraction of sp³-hybridized carbons (Fsp3) is 0.579. The van der Waals surface area contributed by atoms with Gasteiger partial charge in [0.05, 0.1) is 38.9 Å². The van der Waals surface area contributed by atoms with Crippen LogP contribution in [0.4, 0.5) is 0 Å². The summed E-state index contributed by atoms with van der Waals surface area (Å²) in [6.45, 7) is 1.01. The number of rotatable bonds is 6. The van der Waals surface area contributed by atoms with Gasteiger partial charge in [-0.3, -0.25) is 9.59 Å². The molecule has 7 heteroatoms. The van der Waals surface area contributed by atoms with E-state index in [0.29, 0.717) is 30.2 Å². The molecular weight excluding hydrogens is 338 g/mol. The van der Waals surface area contributed by atoms with Crippen LogP contribution in [0.2, 0.25) is 0 Å². The molecule has 26 heavy (non-hydrogen) atoms. The van der Waals surface area contributed by atoms with Crippen molar-refractivity contribution in [1.29, 1.82) is 0 Å². The first-order chi connectivity index (χ1) is 12.6. The molecule has 2 fully saturated rings. The number of hydrogen-bond acceptors (Lipinski definition) is 5. The smallest absolute Gasteiger partial charge is 0.305 e. The molecule has 1 amide bonds. The normalized spacial score (nSPS) is 20.8. The fourth-order valence-corrected chi connectivity index (χ4v) is 3.54. The number of benzene rings is 1. The molecule has 7 nitrogen and oxygen atoms in total. The minimum Gasteiger partial charge on any atom is -0.493 e. The number of ether oxygens (including phenoxy) is 3. The predicted octanol–water partition coefficient (Wildman–Crippen LogP) is 2.33. The maximum atomic E-state index is 12.9. The number of morpholine rings is 1. The lowest BCUT2D eigenvalue weighted by Crippen LogP contribution is -2.49. The summed E-state index contributed by atoms with van der Waals surface area (Å²) in [7, 11) is 1.55. The van der Waals surface area contributed by atoms with Crippen LogP contribution in [0.15, 0.2) is 18.2 Å². The van der Waals surface area contributed by atoms with E-state index >= 15 is 0 Å². The van der Waals surface area contributed by atoms with E-state index in [0.717, 1.165) is 12.8 Å². The first-order valence-electron chi connectivity index (χ1n) is 9.03. The van der Waals surface area contributed by atoms with Crippen molar-refractivity contribution in [2.24, 2.45) is 0 Å². The van der Waals surface area contributed by atoms with E-state index in [2.05, 4.69) is 0 Å². The second kappa shape index (κ2) is 8.40. The van der Waals surface area contributed by atoms with Gasteiger partial charge in [-0.25, -0.2) is 0 Å². The van der Waals surface area contributed by atoms with E-state index in [1.165, 1.54) is 12.8 Å². The molecule has 1 heterocycles. The molecule has 3 rings (SSSR count). The van der Waals surface area contributed by atoms with Gasteiger partial charge in [0.2, 0.25) is 0 Å². The van der Waals surface area contributed by atoms with Crippen LogP contribution in [-0.2, 0) is 9.53 Å². The summed E-state index contributed by atoms with van der Waals surface area (Å²) in [5.41, 5.74) is 0.456. The Morgan fingerprint density at radius 2 is 2.04 bits per heavy atom. The fourth-order valence-electron chi connectivity index (χ4n) is 3.54. The van der Waals surface area contributed by atoms with Gasteiger partial charge in [-0.05, 0) is 43.9 Å². The Kier molecular flexibility index (Phi) is 5.98. The van der Waals surface area contributed by atoms with Crippen LogP contribution in [0.1, 0.15) is 42.5 Å². The summed E-state index contributed by atoms with van der Waals surface area (Å²) in [6.07, 6.45) is 4.48. The lowest BCUT2D eigenvalue weighted by atomic mass is 10.1. The van der Waals surface area contributed by atoms with Crippen molar-refractivity contribution in [3.8, 4) is 11.5 Å². The largest absolute Gasteiger partial charge is 0.493 e. The van der Waals surface area contributed by atoms with E-state index in [9.17, 15) is 9.59 Å². The lowest BCUT2D eigenvalue weighted by molar-refractivity contribution is -0.139. The van der Waals surface area contributed by atoms with E-state index in [1.54, 1.807) is 30.2 Å². The van der Waals surface area contributed by atoms with Gasteiger partial charge >= 0.3 is 5.97 Å². The van der Waals surface area contributed by atoms with Crippen LogP contribution in [-0.4, -0.2) is 60.9 Å². The Balaban J connectivity index is 1.76. The van der Waals surface area contributed by atoms with E-state index < -0.39 is 12.0 Å². The molecule has 1 N–H and O–H groups in total. The monoisotopic (exact) mass is 363 g/mol. The van der Waals surface area contributed by atoms with Crippen LogP contribution in [0, 0.1) is 0 Å². The van der Waals surface area contributed by atoms with Crippen LogP contribution in [0.3, 0.4) is 0 Å². The quantitative estimate of drug-likeness (QED) is 0.835. The molecule has 1 aliphatic carbocycles. The first kappa shape index (κ1) is 18.5. The van der Waals surface area contributed by atoms with Crippen LogP contribution >= 0.6 is 0 Å². The third kappa shape index (κ3) is 4.27. The zero-order valence-corrected chi connectivity index (χ0v) is 15.0. The summed E-state index contributed by atoms with van der Waals surface area (Å²) in [6, 6.07) is 4.67. The molecule has 2 aliphatic rings. The standard InChI is InChI=1S/C19H25NO6/c1-24-17-10-13(6-7-16(17)26-15-4-2-3-5-15)19(23)20-8-9-25-12-14(20)11-18(21)22/h6-7,10,14-15H,2-5,8-9,11-12H2,1H3,(H,21,22). The lowest BCUT2D eigenvalue weighted by Gasteiger charge is -2.35. The van der Waals surface area contributed by atoms with Crippen molar-refractivity contribution in [2.75, 3.05) is 26.9 Å². The highest BCUT2D eigenvalue weighted by Gasteiger charge is 2.30. The average molecular weight is 363 g/mol. The maximum Gasteiger partial charge on any atom is 0.305 e. The van der Waals surface area contributed by atoms with Gasteiger partial charge in [0.1, 0.15) is 0 Å². The van der Waals surface area contributed by atoms with E-state index in [4.69, 9.17) is 19.3 Å². The molecular formula is C19H25NO6. The maximum absolute atomic E-state index is 12.9. The van der Waals surface area contributed by atoms with Crippen molar-refractivity contribution >= 4 is 11.9 Å². The molecule has 1 aliphatic heterocycles. The molecule has 0 spiro atoms. The van der Waals surface area contributed by atoms with Gasteiger partial charge in [-0.2, -0.15) is 0 Å². The van der Waals surface area contributed by atoms with Gasteiger partial charge in [0.15, 0.2) is 11.5 Å². The van der Waals surface area contributed by atoms with Crippen LogP contribution in [0.5, 0.6) is 11.5 Å². The number of nitrogens with zero attached hydrogens (tertiary/aromatic N) is 1. The molecule has 1 unspecified atom stereocenters. The Labute approximate surface area is 152 Å². The molecule has 0 bridgehead atoms. The van der Waals surface area contributed by atoms with Crippen molar-refractivity contribution in [3.63, 3.8) is 0 Å². The number of carbonyl (C=O) groups excluding carboxylic acids is 1. The topological polar surface area (TPSA) is 85.3 Å². The van der Waals surface area contributed by atoms with Gasteiger partial charge in [-0.15, -0.1) is 0 Å². The molecule has 1 atom stereocenters. The van der Waals surface area contributed by atoms with E-state index in [-0.39, 0.29) is 25.0 Å². The van der Waals surface area contributed by atoms with E-state index in [1.807, 2.05) is 0 Å². The second-order valence-electron chi connectivity index (χ2n) is 6.72. The van der Waals surface area contributed by atoms with Crippen LogP contribution in [0.25, 0.3) is 0 Å². The van der Waals surface area contributed by atoms with Gasteiger partial charge in [0, 0.05) is 12.1 Å². The number of carboxylic acids is 1. The number of methoxy groups -OCH3 is 1. The molecule has 142 valence electrons. The van der Waals surface area contributed by atoms with Gasteiger partial charge in [-0.1, -0.05) is 0 Å². The van der Waals surface area contributed by atoms with Crippen LogP contribution < -0.4 is 9.47 Å². The third-order valence-corrected chi connectivity index (χ3v) is 4.91. The molecule has 1 aromatic rings. The van der Waals surface area contributed by atoms with Crippen molar-refractivity contribution in [3.05, 3.63) is 23.8 Å². The zero-order valence-electron chi connectivity index (χ0n) is 15.0. The highest BCUT2D eigenvalue weighted by molar-refractivity contribution is 5.95. The molecule has 1 aromatic carbocycles. The minimum absolute atomic E-state index is 0.133. The summed E-state index contributed by atoms with van der Waals surface area (Å²) < 4.78 is 16.8. The number of carboxylic acid groups (broad SMARTS) is 1. The SMILES string of the molecule is COc1cc(C(=O)N2CCOCC2CC(=O)O)ccc1OC1CCCC1. The molecule has 0 radical (unpaired) electrons. The zero-order chi connectivity index (χ0) is 18.5. The summed E-state index contributed by atoms with van der Waals surface area (Å²) >= 11 is 0. The number of amides is 1. The number of hydrogen-bond donors (Lipinski definition) is 1. The molecule has 1 saturated carbocycles. The van der Waals surface area contributed by atoms with Crippen molar-refractivity contribution in [2.45, 2.75) is 44.2 Å². The van der Waals surface area contributed by atoms with Gasteiger partial charge in [0.25, 0.3) is 5.91 Å².